The normalized spacial score (nSPS) is 12.4. The Morgan fingerprint density at radius 1 is 1.09 bits per heavy atom. The second-order valence-corrected chi connectivity index (χ2v) is 7.94. The number of rotatable bonds is 5. The second kappa shape index (κ2) is 8.45. The number of nitrogens with zero attached hydrogens (tertiary/aromatic N) is 4. The third kappa shape index (κ3) is 3.56. The number of H-pyrrole nitrogens is 1. The molecule has 172 valence electrons. The minimum Gasteiger partial charge on any atom is -0.360 e. The molecule has 1 unspecified atom stereocenters. The van der Waals surface area contributed by atoms with Crippen molar-refractivity contribution >= 4 is 39.4 Å². The van der Waals surface area contributed by atoms with Crippen LogP contribution in [0.1, 0.15) is 25.1 Å². The number of benzene rings is 2. The van der Waals surface area contributed by atoms with Crippen molar-refractivity contribution in [3.05, 3.63) is 87.6 Å². The molecule has 0 bridgehead atoms. The number of aromatic amines is 1. The molecule has 0 aliphatic carbocycles. The third-order valence-electron chi connectivity index (χ3n) is 5.55. The number of aromatic nitrogens is 5. The summed E-state index contributed by atoms with van der Waals surface area (Å²) in [5.74, 6) is -1.98. The van der Waals surface area contributed by atoms with Crippen molar-refractivity contribution in [2.24, 2.45) is 0 Å². The molecule has 5 rings (SSSR count). The molecule has 3 heterocycles. The van der Waals surface area contributed by atoms with Crippen molar-refractivity contribution in [3.63, 3.8) is 0 Å². The van der Waals surface area contributed by atoms with Gasteiger partial charge in [0, 0.05) is 11.8 Å². The maximum atomic E-state index is 14.9. The van der Waals surface area contributed by atoms with Crippen molar-refractivity contribution < 1.29 is 13.2 Å². The molecule has 0 saturated carbocycles. The maximum absolute atomic E-state index is 14.9. The molecular formula is C23H16ClF3N6O. The zero-order chi connectivity index (χ0) is 24.0. The lowest BCUT2D eigenvalue weighted by atomic mass is 10.0. The Morgan fingerprint density at radius 2 is 1.88 bits per heavy atom. The third-order valence-corrected chi connectivity index (χ3v) is 5.92. The van der Waals surface area contributed by atoms with Gasteiger partial charge in [0.15, 0.2) is 11.5 Å². The molecule has 0 amide bonds. The molecule has 2 aromatic carbocycles. The van der Waals surface area contributed by atoms with Crippen LogP contribution >= 0.6 is 11.6 Å². The van der Waals surface area contributed by atoms with Crippen LogP contribution in [-0.4, -0.2) is 24.5 Å². The van der Waals surface area contributed by atoms with E-state index in [0.717, 1.165) is 28.8 Å². The summed E-state index contributed by atoms with van der Waals surface area (Å²) >= 11 is 6.11. The number of hydrogen-bond acceptors (Lipinski definition) is 5. The molecule has 0 radical (unpaired) electrons. The fourth-order valence-corrected chi connectivity index (χ4v) is 4.19. The lowest BCUT2D eigenvalue weighted by Gasteiger charge is -2.24. The van der Waals surface area contributed by atoms with Crippen molar-refractivity contribution in [1.29, 1.82) is 0 Å². The first-order valence-electron chi connectivity index (χ1n) is 10.3. The van der Waals surface area contributed by atoms with Crippen molar-refractivity contribution in [2.45, 2.75) is 19.4 Å². The predicted octanol–water partition coefficient (Wildman–Crippen LogP) is 5.29. The van der Waals surface area contributed by atoms with E-state index in [1.54, 1.807) is 6.07 Å². The summed E-state index contributed by atoms with van der Waals surface area (Å²) in [6, 6.07) is 6.33. The molecule has 0 fully saturated rings. The van der Waals surface area contributed by atoms with E-state index >= 15 is 0 Å². The van der Waals surface area contributed by atoms with Crippen molar-refractivity contribution in [3.8, 4) is 5.69 Å². The average molecular weight is 485 g/mol. The quantitative estimate of drug-likeness (QED) is 0.354. The van der Waals surface area contributed by atoms with Gasteiger partial charge in [-0.3, -0.25) is 9.36 Å². The Kier molecular flexibility index (Phi) is 5.45. The van der Waals surface area contributed by atoms with Gasteiger partial charge in [0.2, 0.25) is 0 Å². The van der Waals surface area contributed by atoms with E-state index < -0.39 is 34.1 Å². The van der Waals surface area contributed by atoms with Crippen LogP contribution in [0.5, 0.6) is 0 Å². The minimum atomic E-state index is -0.830. The van der Waals surface area contributed by atoms with E-state index in [-0.39, 0.29) is 11.1 Å². The van der Waals surface area contributed by atoms with Crippen LogP contribution in [0.4, 0.5) is 19.0 Å². The summed E-state index contributed by atoms with van der Waals surface area (Å²) in [4.78, 5) is 29.0. The summed E-state index contributed by atoms with van der Waals surface area (Å²) in [5.41, 5.74) is 0.165. The van der Waals surface area contributed by atoms with Crippen LogP contribution in [-0.2, 0) is 0 Å². The molecule has 0 aliphatic rings. The zero-order valence-corrected chi connectivity index (χ0v) is 18.4. The van der Waals surface area contributed by atoms with Crippen LogP contribution in [0.15, 0.2) is 53.8 Å². The smallest absolute Gasteiger partial charge is 0.264 e. The molecule has 2 N–H and O–H groups in total. The van der Waals surface area contributed by atoms with Crippen LogP contribution in [0, 0.1) is 17.5 Å². The van der Waals surface area contributed by atoms with Gasteiger partial charge in [0.05, 0.1) is 28.5 Å². The number of fused-ring (bicyclic) bond motifs is 2. The van der Waals surface area contributed by atoms with Gasteiger partial charge in [0.25, 0.3) is 5.56 Å². The largest absolute Gasteiger partial charge is 0.360 e. The van der Waals surface area contributed by atoms with E-state index in [4.69, 9.17) is 11.6 Å². The number of anilines is 1. The summed E-state index contributed by atoms with van der Waals surface area (Å²) in [5, 5.41) is 3.04. The first kappa shape index (κ1) is 21.9. The molecule has 34 heavy (non-hydrogen) atoms. The molecule has 0 saturated heterocycles. The number of nitrogens with one attached hydrogen (secondary N) is 2. The first-order valence-corrected chi connectivity index (χ1v) is 10.7. The van der Waals surface area contributed by atoms with Crippen molar-refractivity contribution in [1.82, 2.24) is 24.5 Å². The average Bonchev–Trinajstić information content (AvgIpc) is 3.31. The van der Waals surface area contributed by atoms with Gasteiger partial charge in [-0.05, 0) is 36.1 Å². The number of hydrogen-bond donors (Lipinski definition) is 2. The zero-order valence-electron chi connectivity index (χ0n) is 17.6. The van der Waals surface area contributed by atoms with E-state index in [1.807, 2.05) is 6.92 Å². The Balaban J connectivity index is 1.79. The number of pyridine rings is 1. The predicted molar refractivity (Wildman–Crippen MR) is 123 cm³/mol. The van der Waals surface area contributed by atoms with Gasteiger partial charge in [-0.2, -0.15) is 0 Å². The van der Waals surface area contributed by atoms with E-state index in [0.29, 0.717) is 34.5 Å². The van der Waals surface area contributed by atoms with Gasteiger partial charge in [0.1, 0.15) is 29.3 Å². The fraction of sp³-hybridized carbons (Fsp3) is 0.130. The Labute approximate surface area is 195 Å². The highest BCUT2D eigenvalue weighted by atomic mass is 35.5. The van der Waals surface area contributed by atoms with Gasteiger partial charge >= 0.3 is 0 Å². The molecule has 1 atom stereocenters. The molecule has 3 aromatic heterocycles. The highest BCUT2D eigenvalue weighted by Gasteiger charge is 2.23. The van der Waals surface area contributed by atoms with Crippen LogP contribution in [0.3, 0.4) is 0 Å². The summed E-state index contributed by atoms with van der Waals surface area (Å²) in [6.07, 6.45) is 3.24. The highest BCUT2D eigenvalue weighted by molar-refractivity contribution is 6.35. The lowest BCUT2D eigenvalue weighted by Crippen LogP contribution is -2.27. The fourth-order valence-electron chi connectivity index (χ4n) is 3.94. The van der Waals surface area contributed by atoms with Gasteiger partial charge in [-0.15, -0.1) is 0 Å². The van der Waals surface area contributed by atoms with Gasteiger partial charge < -0.3 is 10.3 Å². The molecule has 0 aliphatic heterocycles. The monoisotopic (exact) mass is 484 g/mol. The number of imidazole rings is 1. The van der Waals surface area contributed by atoms with Gasteiger partial charge in [-0.1, -0.05) is 24.6 Å². The van der Waals surface area contributed by atoms with Crippen LogP contribution < -0.4 is 10.9 Å². The standard InChI is InChI=1S/C23H16ClF3N6O/c1-2-15(32-22-20-21(29-9-28-20)30-10-31-22)17-7-11-3-5-14(27)19(24)18(11)23(34)33(17)16-8-12(25)4-6-13(16)26/h3-10,15H,2H2,1H3,(H2,28,29,30,31,32). The first-order chi connectivity index (χ1) is 16.4. The Hall–Kier alpha value is -3.92. The van der Waals surface area contributed by atoms with E-state index in [2.05, 4.69) is 25.3 Å². The van der Waals surface area contributed by atoms with Gasteiger partial charge in [-0.25, -0.2) is 28.1 Å². The van der Waals surface area contributed by atoms with Crippen LogP contribution in [0.25, 0.3) is 27.6 Å². The molecular weight excluding hydrogens is 469 g/mol. The highest BCUT2D eigenvalue weighted by Crippen LogP contribution is 2.31. The molecule has 5 aromatic rings. The second-order valence-electron chi connectivity index (χ2n) is 7.56. The van der Waals surface area contributed by atoms with E-state index in [9.17, 15) is 18.0 Å². The topological polar surface area (TPSA) is 88.5 Å². The Bertz CT molecular complexity index is 1620. The maximum Gasteiger partial charge on any atom is 0.264 e. The summed E-state index contributed by atoms with van der Waals surface area (Å²) in [6.45, 7) is 1.85. The summed E-state index contributed by atoms with van der Waals surface area (Å²) in [7, 11) is 0. The minimum absolute atomic E-state index is 0.138. The summed E-state index contributed by atoms with van der Waals surface area (Å²) < 4.78 is 44.2. The molecule has 11 heteroatoms. The SMILES string of the molecule is CCC(Nc1ncnc2[nH]cnc12)c1cc2ccc(F)c(Cl)c2c(=O)n1-c1cc(F)ccc1F. The molecule has 0 spiro atoms. The number of halogens is 4. The van der Waals surface area contributed by atoms with Crippen LogP contribution in [0.2, 0.25) is 5.02 Å². The lowest BCUT2D eigenvalue weighted by molar-refractivity contribution is 0.584. The molecule has 7 nitrogen and oxygen atoms in total. The van der Waals surface area contributed by atoms with E-state index in [1.165, 1.54) is 18.7 Å². The Morgan fingerprint density at radius 3 is 2.68 bits per heavy atom. The van der Waals surface area contributed by atoms with Crippen molar-refractivity contribution in [2.75, 3.05) is 5.32 Å².